The van der Waals surface area contributed by atoms with E-state index in [0.717, 1.165) is 31.0 Å². The van der Waals surface area contributed by atoms with E-state index in [4.69, 9.17) is 4.42 Å². The average molecular weight is 221 g/mol. The molecule has 0 fully saturated rings. The molecule has 1 atom stereocenters. The third kappa shape index (κ3) is 3.20. The summed E-state index contributed by atoms with van der Waals surface area (Å²) in [6.45, 7) is 2.96. The SMILES string of the molecule is CC(Cc1ccco1)NCCc1ncon1. The standard InChI is InChI=1S/C11H15N3O2/c1-9(7-10-3-2-6-15-10)12-5-4-11-13-8-16-14-11/h2-3,6,8-9,12H,4-5,7H2,1H3. The van der Waals surface area contributed by atoms with E-state index < -0.39 is 0 Å². The van der Waals surface area contributed by atoms with E-state index >= 15 is 0 Å². The number of aromatic nitrogens is 2. The monoisotopic (exact) mass is 221 g/mol. The van der Waals surface area contributed by atoms with Gasteiger partial charge in [-0.2, -0.15) is 4.98 Å². The van der Waals surface area contributed by atoms with Gasteiger partial charge in [-0.25, -0.2) is 0 Å². The molecule has 0 amide bonds. The summed E-state index contributed by atoms with van der Waals surface area (Å²) in [6, 6.07) is 4.26. The van der Waals surface area contributed by atoms with Crippen molar-refractivity contribution in [1.82, 2.24) is 15.5 Å². The van der Waals surface area contributed by atoms with Gasteiger partial charge in [0.2, 0.25) is 6.39 Å². The van der Waals surface area contributed by atoms with E-state index in [1.165, 1.54) is 6.39 Å². The van der Waals surface area contributed by atoms with Gasteiger partial charge >= 0.3 is 0 Å². The molecule has 86 valence electrons. The molecule has 1 N–H and O–H groups in total. The van der Waals surface area contributed by atoms with Crippen LogP contribution in [0.3, 0.4) is 0 Å². The fourth-order valence-corrected chi connectivity index (χ4v) is 1.54. The maximum Gasteiger partial charge on any atom is 0.213 e. The van der Waals surface area contributed by atoms with Crippen molar-refractivity contribution in [2.24, 2.45) is 0 Å². The molecule has 2 aromatic rings. The van der Waals surface area contributed by atoms with Crippen LogP contribution in [0.25, 0.3) is 0 Å². The Kier molecular flexibility index (Phi) is 3.71. The number of rotatable bonds is 6. The van der Waals surface area contributed by atoms with Crippen molar-refractivity contribution >= 4 is 0 Å². The summed E-state index contributed by atoms with van der Waals surface area (Å²) in [5.41, 5.74) is 0. The zero-order valence-corrected chi connectivity index (χ0v) is 9.22. The van der Waals surface area contributed by atoms with Crippen LogP contribution < -0.4 is 5.32 Å². The summed E-state index contributed by atoms with van der Waals surface area (Å²) < 4.78 is 9.93. The summed E-state index contributed by atoms with van der Waals surface area (Å²) in [4.78, 5) is 3.95. The van der Waals surface area contributed by atoms with Crippen LogP contribution in [0.2, 0.25) is 0 Å². The summed E-state index contributed by atoms with van der Waals surface area (Å²) >= 11 is 0. The van der Waals surface area contributed by atoms with Gasteiger partial charge in [-0.15, -0.1) is 0 Å². The summed E-state index contributed by atoms with van der Waals surface area (Å²) in [5, 5.41) is 7.12. The second-order valence-corrected chi connectivity index (χ2v) is 3.74. The van der Waals surface area contributed by atoms with Crippen molar-refractivity contribution in [3.05, 3.63) is 36.4 Å². The van der Waals surface area contributed by atoms with E-state index in [1.54, 1.807) is 6.26 Å². The molecule has 0 aliphatic rings. The molecule has 0 radical (unpaired) electrons. The third-order valence-corrected chi connectivity index (χ3v) is 2.34. The van der Waals surface area contributed by atoms with Crippen LogP contribution in [-0.2, 0) is 12.8 Å². The van der Waals surface area contributed by atoms with Crippen molar-refractivity contribution in [3.63, 3.8) is 0 Å². The molecule has 0 spiro atoms. The summed E-state index contributed by atoms with van der Waals surface area (Å²) in [7, 11) is 0. The van der Waals surface area contributed by atoms with Gasteiger partial charge in [0.25, 0.3) is 0 Å². The zero-order valence-electron chi connectivity index (χ0n) is 9.22. The minimum atomic E-state index is 0.373. The number of hydrogen-bond acceptors (Lipinski definition) is 5. The smallest absolute Gasteiger partial charge is 0.213 e. The van der Waals surface area contributed by atoms with E-state index in [1.807, 2.05) is 12.1 Å². The van der Waals surface area contributed by atoms with Gasteiger partial charge in [-0.05, 0) is 19.1 Å². The summed E-state index contributed by atoms with van der Waals surface area (Å²) in [5.74, 6) is 1.73. The Bertz CT molecular complexity index is 383. The van der Waals surface area contributed by atoms with E-state index in [0.29, 0.717) is 6.04 Å². The minimum absolute atomic E-state index is 0.373. The second-order valence-electron chi connectivity index (χ2n) is 3.74. The lowest BCUT2D eigenvalue weighted by molar-refractivity contribution is 0.407. The van der Waals surface area contributed by atoms with Crippen LogP contribution in [0.15, 0.2) is 33.7 Å². The first-order chi connectivity index (χ1) is 7.84. The van der Waals surface area contributed by atoms with Crippen molar-refractivity contribution in [2.45, 2.75) is 25.8 Å². The van der Waals surface area contributed by atoms with Crippen molar-refractivity contribution < 1.29 is 8.94 Å². The van der Waals surface area contributed by atoms with Crippen LogP contribution in [0, 0.1) is 0 Å². The van der Waals surface area contributed by atoms with E-state index in [2.05, 4.69) is 26.9 Å². The lowest BCUT2D eigenvalue weighted by atomic mass is 10.2. The van der Waals surface area contributed by atoms with Gasteiger partial charge in [-0.1, -0.05) is 5.16 Å². The maximum absolute atomic E-state index is 5.28. The number of nitrogens with zero attached hydrogens (tertiary/aromatic N) is 2. The first-order valence-corrected chi connectivity index (χ1v) is 5.35. The molecule has 0 saturated carbocycles. The predicted octanol–water partition coefficient (Wildman–Crippen LogP) is 1.43. The van der Waals surface area contributed by atoms with Crippen LogP contribution >= 0.6 is 0 Å². The fraction of sp³-hybridized carbons (Fsp3) is 0.455. The third-order valence-electron chi connectivity index (χ3n) is 2.34. The summed E-state index contributed by atoms with van der Waals surface area (Å²) in [6.07, 6.45) is 4.71. The van der Waals surface area contributed by atoms with Gasteiger partial charge < -0.3 is 14.3 Å². The van der Waals surface area contributed by atoms with Gasteiger partial charge in [0, 0.05) is 25.4 Å². The van der Waals surface area contributed by atoms with Gasteiger partial charge in [0.15, 0.2) is 5.82 Å². The first kappa shape index (κ1) is 10.9. The van der Waals surface area contributed by atoms with E-state index in [-0.39, 0.29) is 0 Å². The number of furan rings is 1. The van der Waals surface area contributed by atoms with Crippen molar-refractivity contribution in [2.75, 3.05) is 6.54 Å². The Morgan fingerprint density at radius 3 is 3.12 bits per heavy atom. The molecule has 2 heterocycles. The highest BCUT2D eigenvalue weighted by molar-refractivity contribution is 4.99. The predicted molar refractivity (Wildman–Crippen MR) is 57.9 cm³/mol. The molecule has 0 saturated heterocycles. The van der Waals surface area contributed by atoms with Gasteiger partial charge in [0.05, 0.1) is 6.26 Å². The van der Waals surface area contributed by atoms with Gasteiger partial charge in [0.1, 0.15) is 5.76 Å². The second kappa shape index (κ2) is 5.46. The fourth-order valence-electron chi connectivity index (χ4n) is 1.54. The molecule has 0 bridgehead atoms. The van der Waals surface area contributed by atoms with Crippen LogP contribution in [-0.4, -0.2) is 22.7 Å². The Labute approximate surface area is 93.8 Å². The Balaban J connectivity index is 1.66. The molecule has 2 aromatic heterocycles. The molecule has 0 aliphatic heterocycles. The Morgan fingerprint density at radius 2 is 2.44 bits per heavy atom. The van der Waals surface area contributed by atoms with Crippen molar-refractivity contribution in [1.29, 1.82) is 0 Å². The van der Waals surface area contributed by atoms with Crippen molar-refractivity contribution in [3.8, 4) is 0 Å². The average Bonchev–Trinajstić information content (AvgIpc) is 2.90. The lowest BCUT2D eigenvalue weighted by Crippen LogP contribution is -2.30. The highest BCUT2D eigenvalue weighted by Gasteiger charge is 2.05. The molecule has 5 heteroatoms. The molecule has 5 nitrogen and oxygen atoms in total. The normalized spacial score (nSPS) is 12.8. The molecular weight excluding hydrogens is 206 g/mol. The Morgan fingerprint density at radius 1 is 1.50 bits per heavy atom. The highest BCUT2D eigenvalue weighted by atomic mass is 16.5. The van der Waals surface area contributed by atoms with E-state index in [9.17, 15) is 0 Å². The van der Waals surface area contributed by atoms with Crippen LogP contribution in [0.1, 0.15) is 18.5 Å². The van der Waals surface area contributed by atoms with Crippen LogP contribution in [0.5, 0.6) is 0 Å². The maximum atomic E-state index is 5.28. The lowest BCUT2D eigenvalue weighted by Gasteiger charge is -2.10. The molecule has 16 heavy (non-hydrogen) atoms. The molecule has 1 unspecified atom stereocenters. The van der Waals surface area contributed by atoms with Crippen LogP contribution in [0.4, 0.5) is 0 Å². The molecular formula is C11H15N3O2. The molecule has 0 aliphatic carbocycles. The Hall–Kier alpha value is -1.62. The molecule has 0 aromatic carbocycles. The number of nitrogens with one attached hydrogen (secondary N) is 1. The quantitative estimate of drug-likeness (QED) is 0.799. The topological polar surface area (TPSA) is 64.1 Å². The van der Waals surface area contributed by atoms with Gasteiger partial charge in [-0.3, -0.25) is 0 Å². The first-order valence-electron chi connectivity index (χ1n) is 5.35. The largest absolute Gasteiger partial charge is 0.469 e. The number of hydrogen-bond donors (Lipinski definition) is 1. The minimum Gasteiger partial charge on any atom is -0.469 e. The highest BCUT2D eigenvalue weighted by Crippen LogP contribution is 2.03. The zero-order chi connectivity index (χ0) is 11.2. The molecule has 2 rings (SSSR count).